The fraction of sp³-hybridized carbons (Fsp3) is 0.579. The molecule has 2 amide bonds. The lowest BCUT2D eigenvalue weighted by Gasteiger charge is -2.40. The minimum atomic E-state index is -0.498. The van der Waals surface area contributed by atoms with Crippen LogP contribution in [0.15, 0.2) is 18.2 Å². The number of anilines is 1. The highest BCUT2D eigenvalue weighted by Crippen LogP contribution is 2.25. The molecule has 1 aromatic rings. The summed E-state index contributed by atoms with van der Waals surface area (Å²) in [6.45, 7) is 3.29. The third-order valence-electron chi connectivity index (χ3n) is 4.75. The van der Waals surface area contributed by atoms with E-state index in [2.05, 4.69) is 20.9 Å². The van der Waals surface area contributed by atoms with Crippen molar-refractivity contribution in [3.63, 3.8) is 0 Å². The van der Waals surface area contributed by atoms with Crippen molar-refractivity contribution >= 4 is 17.5 Å². The van der Waals surface area contributed by atoms with E-state index in [0.717, 1.165) is 13.1 Å². The standard InChI is InChI=1S/C19H27FN4O5/c1-27-8-9-29-15-10-13(20)2-3-14(15)21-18(25)11-16-22-17(12-19(26)23-16)24-4-6-28-7-5-24/h2-3,10,16-17,22H,4-9,11-12H2,1H3,(H,21,25)(H,23,26). The van der Waals surface area contributed by atoms with Crippen LogP contribution in [0.25, 0.3) is 0 Å². The molecule has 3 N–H and O–H groups in total. The van der Waals surface area contributed by atoms with Crippen molar-refractivity contribution in [2.75, 3.05) is 51.9 Å². The molecule has 0 spiro atoms. The minimum Gasteiger partial charge on any atom is -0.489 e. The van der Waals surface area contributed by atoms with Crippen molar-refractivity contribution in [2.45, 2.75) is 25.2 Å². The highest BCUT2D eigenvalue weighted by molar-refractivity contribution is 5.93. The molecule has 2 saturated heterocycles. The molecule has 0 aliphatic carbocycles. The first-order valence-corrected chi connectivity index (χ1v) is 9.63. The normalized spacial score (nSPS) is 22.8. The maximum atomic E-state index is 13.5. The fourth-order valence-electron chi connectivity index (χ4n) is 3.34. The number of rotatable bonds is 8. The molecule has 9 nitrogen and oxygen atoms in total. The average molecular weight is 410 g/mol. The van der Waals surface area contributed by atoms with Gasteiger partial charge in [0, 0.05) is 26.3 Å². The molecule has 2 aliphatic heterocycles. The molecule has 0 saturated carbocycles. The van der Waals surface area contributed by atoms with Gasteiger partial charge in [0.2, 0.25) is 11.8 Å². The van der Waals surface area contributed by atoms with E-state index in [1.54, 1.807) is 0 Å². The topological polar surface area (TPSA) is 101 Å². The number of methoxy groups -OCH3 is 1. The molecule has 1 aromatic carbocycles. The number of benzene rings is 1. The smallest absolute Gasteiger partial charge is 0.227 e. The van der Waals surface area contributed by atoms with Crippen LogP contribution in [-0.2, 0) is 19.1 Å². The summed E-state index contributed by atoms with van der Waals surface area (Å²) in [6.07, 6.45) is -0.277. The van der Waals surface area contributed by atoms with Crippen LogP contribution in [0.2, 0.25) is 0 Å². The van der Waals surface area contributed by atoms with E-state index in [-0.39, 0.29) is 36.8 Å². The zero-order valence-electron chi connectivity index (χ0n) is 16.4. The van der Waals surface area contributed by atoms with E-state index < -0.39 is 12.0 Å². The monoisotopic (exact) mass is 410 g/mol. The van der Waals surface area contributed by atoms with Gasteiger partial charge in [-0.15, -0.1) is 0 Å². The molecule has 0 bridgehead atoms. The second kappa shape index (κ2) is 10.5. The number of hydrogen-bond acceptors (Lipinski definition) is 7. The highest BCUT2D eigenvalue weighted by atomic mass is 19.1. The molecule has 2 aliphatic rings. The molecule has 2 atom stereocenters. The van der Waals surface area contributed by atoms with Gasteiger partial charge < -0.3 is 24.8 Å². The number of nitrogens with one attached hydrogen (secondary N) is 3. The van der Waals surface area contributed by atoms with Gasteiger partial charge >= 0.3 is 0 Å². The number of morpholine rings is 1. The number of halogens is 1. The van der Waals surface area contributed by atoms with Crippen LogP contribution in [0.1, 0.15) is 12.8 Å². The molecule has 2 heterocycles. The summed E-state index contributed by atoms with van der Waals surface area (Å²) in [5.74, 6) is -0.677. The van der Waals surface area contributed by atoms with Crippen LogP contribution < -0.4 is 20.7 Å². The van der Waals surface area contributed by atoms with Crippen LogP contribution >= 0.6 is 0 Å². The molecular formula is C19H27FN4O5. The summed E-state index contributed by atoms with van der Waals surface area (Å²) >= 11 is 0. The number of carbonyl (C=O) groups excluding carboxylic acids is 2. The Morgan fingerprint density at radius 2 is 2.14 bits per heavy atom. The van der Waals surface area contributed by atoms with Gasteiger partial charge in [-0.05, 0) is 12.1 Å². The summed E-state index contributed by atoms with van der Waals surface area (Å²) in [6, 6.07) is 3.90. The van der Waals surface area contributed by atoms with Gasteiger partial charge in [-0.3, -0.25) is 19.8 Å². The maximum Gasteiger partial charge on any atom is 0.227 e. The van der Waals surface area contributed by atoms with Crippen LogP contribution in [0.4, 0.5) is 10.1 Å². The third-order valence-corrected chi connectivity index (χ3v) is 4.75. The summed E-state index contributed by atoms with van der Waals surface area (Å²) in [7, 11) is 1.53. The molecule has 2 unspecified atom stereocenters. The Labute approximate surface area is 168 Å². The summed E-state index contributed by atoms with van der Waals surface area (Å²) < 4.78 is 29.3. The van der Waals surface area contributed by atoms with Gasteiger partial charge in [0.25, 0.3) is 0 Å². The molecule has 0 aromatic heterocycles. The van der Waals surface area contributed by atoms with Crippen molar-refractivity contribution in [1.82, 2.24) is 15.5 Å². The van der Waals surface area contributed by atoms with Gasteiger partial charge in [0.05, 0.1) is 50.7 Å². The van der Waals surface area contributed by atoms with E-state index in [4.69, 9.17) is 14.2 Å². The molecule has 29 heavy (non-hydrogen) atoms. The van der Waals surface area contributed by atoms with E-state index in [1.807, 2.05) is 0 Å². The third kappa shape index (κ3) is 6.36. The molecule has 3 rings (SSSR count). The van der Waals surface area contributed by atoms with Gasteiger partial charge in [0.1, 0.15) is 18.2 Å². The number of carbonyl (C=O) groups is 2. The van der Waals surface area contributed by atoms with Crippen molar-refractivity contribution in [2.24, 2.45) is 0 Å². The lowest BCUT2D eigenvalue weighted by atomic mass is 10.1. The molecule has 160 valence electrons. The van der Waals surface area contributed by atoms with E-state index >= 15 is 0 Å². The Balaban J connectivity index is 1.57. The van der Waals surface area contributed by atoms with Gasteiger partial charge in [0.15, 0.2) is 0 Å². The predicted molar refractivity (Wildman–Crippen MR) is 103 cm³/mol. The fourth-order valence-corrected chi connectivity index (χ4v) is 3.34. The van der Waals surface area contributed by atoms with E-state index in [9.17, 15) is 14.0 Å². The molecular weight excluding hydrogens is 383 g/mol. The molecule has 10 heteroatoms. The summed E-state index contributed by atoms with van der Waals surface area (Å²) in [4.78, 5) is 26.8. The van der Waals surface area contributed by atoms with Crippen molar-refractivity contribution in [1.29, 1.82) is 0 Å². The van der Waals surface area contributed by atoms with Crippen LogP contribution in [0.3, 0.4) is 0 Å². The highest BCUT2D eigenvalue weighted by Gasteiger charge is 2.31. The first kappa shape index (κ1) is 21.4. The van der Waals surface area contributed by atoms with Crippen LogP contribution in [0.5, 0.6) is 5.75 Å². The number of nitrogens with zero attached hydrogens (tertiary/aromatic N) is 1. The van der Waals surface area contributed by atoms with E-state index in [1.165, 1.54) is 25.3 Å². The summed E-state index contributed by atoms with van der Waals surface area (Å²) in [5.41, 5.74) is 0.361. The Morgan fingerprint density at radius 1 is 1.34 bits per heavy atom. The second-order valence-corrected chi connectivity index (χ2v) is 6.89. The number of ether oxygens (including phenoxy) is 3. The largest absolute Gasteiger partial charge is 0.489 e. The van der Waals surface area contributed by atoms with Gasteiger partial charge in [-0.2, -0.15) is 0 Å². The Hall–Kier alpha value is -2.27. The predicted octanol–water partition coefficient (Wildman–Crippen LogP) is 0.273. The van der Waals surface area contributed by atoms with Crippen LogP contribution in [-0.4, -0.2) is 75.7 Å². The van der Waals surface area contributed by atoms with Crippen molar-refractivity contribution in [3.8, 4) is 5.75 Å². The maximum absolute atomic E-state index is 13.5. The zero-order chi connectivity index (χ0) is 20.6. The lowest BCUT2D eigenvalue weighted by Crippen LogP contribution is -2.63. The molecule has 2 fully saturated rings. The van der Waals surface area contributed by atoms with Crippen LogP contribution in [0, 0.1) is 5.82 Å². The van der Waals surface area contributed by atoms with E-state index in [0.29, 0.717) is 31.9 Å². The number of amides is 2. The van der Waals surface area contributed by atoms with Crippen molar-refractivity contribution in [3.05, 3.63) is 24.0 Å². The average Bonchev–Trinajstić information content (AvgIpc) is 2.70. The summed E-state index contributed by atoms with van der Waals surface area (Å²) in [5, 5.41) is 8.82. The Morgan fingerprint density at radius 3 is 2.90 bits per heavy atom. The molecule has 0 radical (unpaired) electrons. The van der Waals surface area contributed by atoms with Crippen molar-refractivity contribution < 1.29 is 28.2 Å². The van der Waals surface area contributed by atoms with Gasteiger partial charge in [-0.25, -0.2) is 4.39 Å². The first-order valence-electron chi connectivity index (χ1n) is 9.63. The van der Waals surface area contributed by atoms with Gasteiger partial charge in [-0.1, -0.05) is 0 Å². The quantitative estimate of drug-likeness (QED) is 0.529. The minimum absolute atomic E-state index is 0.0292. The zero-order valence-corrected chi connectivity index (χ0v) is 16.4. The lowest BCUT2D eigenvalue weighted by molar-refractivity contribution is -0.128. The second-order valence-electron chi connectivity index (χ2n) is 6.89. The Bertz CT molecular complexity index is 714. The Kier molecular flexibility index (Phi) is 7.76. The first-order chi connectivity index (χ1) is 14.0. The number of hydrogen-bond donors (Lipinski definition) is 3. The SMILES string of the molecule is COCCOc1cc(F)ccc1NC(=O)CC1NC(=O)CC(N2CCOCC2)N1.